The van der Waals surface area contributed by atoms with Gasteiger partial charge in [-0.3, -0.25) is 9.69 Å². The molecule has 1 aromatic carbocycles. The fourth-order valence-electron chi connectivity index (χ4n) is 4.88. The van der Waals surface area contributed by atoms with E-state index in [1.165, 1.54) is 11.1 Å². The van der Waals surface area contributed by atoms with Crippen LogP contribution in [0.4, 0.5) is 0 Å². The van der Waals surface area contributed by atoms with E-state index < -0.39 is 0 Å². The Labute approximate surface area is 179 Å². The van der Waals surface area contributed by atoms with Crippen molar-refractivity contribution in [2.24, 2.45) is 0 Å². The summed E-state index contributed by atoms with van der Waals surface area (Å²) in [5.41, 5.74) is 3.33. The SMILES string of the molecule is CCOC1=CC23CC(Cc4cc(OCC)c(OCC)cc42)N(C)CC3=CC1=O.Cl. The number of piperidine rings is 1. The highest BCUT2D eigenvalue weighted by Gasteiger charge is 2.49. The number of carbonyl (C=O) groups is 1. The molecule has 29 heavy (non-hydrogen) atoms. The van der Waals surface area contributed by atoms with Crippen LogP contribution in [-0.4, -0.2) is 50.1 Å². The molecular weight excluding hydrogens is 390 g/mol. The highest BCUT2D eigenvalue weighted by Crippen LogP contribution is 2.52. The Kier molecular flexibility index (Phi) is 6.30. The summed E-state index contributed by atoms with van der Waals surface area (Å²) in [6, 6.07) is 4.69. The fourth-order valence-corrected chi connectivity index (χ4v) is 4.88. The highest BCUT2D eigenvalue weighted by molar-refractivity contribution is 6.05. The Morgan fingerprint density at radius 1 is 1.07 bits per heavy atom. The number of hydrogen-bond donors (Lipinski definition) is 0. The zero-order valence-electron chi connectivity index (χ0n) is 17.6. The second-order valence-corrected chi connectivity index (χ2v) is 7.75. The van der Waals surface area contributed by atoms with E-state index in [2.05, 4.69) is 30.2 Å². The molecule has 2 atom stereocenters. The van der Waals surface area contributed by atoms with Crippen molar-refractivity contribution in [2.75, 3.05) is 33.4 Å². The van der Waals surface area contributed by atoms with Gasteiger partial charge in [-0.05, 0) is 81.6 Å². The number of benzene rings is 1. The topological polar surface area (TPSA) is 48.0 Å². The lowest BCUT2D eigenvalue weighted by Crippen LogP contribution is -2.53. The van der Waals surface area contributed by atoms with Gasteiger partial charge in [0.1, 0.15) is 0 Å². The predicted molar refractivity (Wildman–Crippen MR) is 115 cm³/mol. The number of ketones is 1. The number of nitrogens with zero attached hydrogens (tertiary/aromatic N) is 1. The summed E-state index contributed by atoms with van der Waals surface area (Å²) in [6.45, 7) is 8.35. The van der Waals surface area contributed by atoms with Crippen LogP contribution in [0.5, 0.6) is 11.5 Å². The first-order valence-electron chi connectivity index (χ1n) is 10.3. The molecule has 1 fully saturated rings. The predicted octanol–water partition coefficient (Wildman–Crippen LogP) is 3.83. The monoisotopic (exact) mass is 419 g/mol. The second-order valence-electron chi connectivity index (χ2n) is 7.75. The molecule has 2 bridgehead atoms. The van der Waals surface area contributed by atoms with Crippen molar-refractivity contribution in [2.45, 2.75) is 45.1 Å². The van der Waals surface area contributed by atoms with Crippen LogP contribution in [0, 0.1) is 0 Å². The van der Waals surface area contributed by atoms with Crippen LogP contribution >= 0.6 is 12.4 Å². The second kappa shape index (κ2) is 8.41. The summed E-state index contributed by atoms with van der Waals surface area (Å²) in [5, 5.41) is 0. The van der Waals surface area contributed by atoms with Crippen LogP contribution in [0.15, 0.2) is 35.6 Å². The van der Waals surface area contributed by atoms with Crippen molar-refractivity contribution < 1.29 is 19.0 Å². The molecule has 1 spiro atoms. The van der Waals surface area contributed by atoms with Crippen LogP contribution in [0.2, 0.25) is 0 Å². The molecule has 0 radical (unpaired) electrons. The van der Waals surface area contributed by atoms with Gasteiger partial charge in [0.15, 0.2) is 17.3 Å². The number of halogens is 1. The molecular formula is C23H30ClNO4. The van der Waals surface area contributed by atoms with Crippen LogP contribution < -0.4 is 9.47 Å². The maximum Gasteiger partial charge on any atom is 0.220 e. The molecule has 1 heterocycles. The van der Waals surface area contributed by atoms with E-state index in [4.69, 9.17) is 14.2 Å². The minimum absolute atomic E-state index is 0. The lowest BCUT2D eigenvalue weighted by Gasteiger charge is -2.51. The van der Waals surface area contributed by atoms with Crippen molar-refractivity contribution in [3.8, 4) is 11.5 Å². The Bertz CT molecular complexity index is 863. The molecule has 0 N–H and O–H groups in total. The molecule has 6 heteroatoms. The molecule has 2 aliphatic carbocycles. The fraction of sp³-hybridized carbons (Fsp3) is 0.522. The molecule has 2 unspecified atom stereocenters. The lowest BCUT2D eigenvalue weighted by atomic mass is 9.59. The Balaban J connectivity index is 0.00000240. The Morgan fingerprint density at radius 3 is 2.38 bits per heavy atom. The van der Waals surface area contributed by atoms with Gasteiger partial charge in [0, 0.05) is 18.0 Å². The van der Waals surface area contributed by atoms with Crippen LogP contribution in [0.3, 0.4) is 0 Å². The smallest absolute Gasteiger partial charge is 0.220 e. The van der Waals surface area contributed by atoms with E-state index in [9.17, 15) is 4.79 Å². The molecule has 4 rings (SSSR count). The van der Waals surface area contributed by atoms with Crippen molar-refractivity contribution in [3.05, 3.63) is 46.7 Å². The average Bonchev–Trinajstić information content (AvgIpc) is 2.66. The standard InChI is InChI=1S/C23H29NO4.ClH/c1-5-26-20-9-15-8-17-12-23(18(15)11-21(20)27-6-2)13-22(28-7-3)19(25)10-16(23)14-24(17)4;/h9-11,13,17H,5-8,12,14H2,1-4H3;1H. The molecule has 158 valence electrons. The molecule has 1 aliphatic heterocycles. The van der Waals surface area contributed by atoms with Gasteiger partial charge in [0.05, 0.1) is 19.8 Å². The number of allylic oxidation sites excluding steroid dienone is 2. The molecule has 5 nitrogen and oxygen atoms in total. The molecule has 0 amide bonds. The highest BCUT2D eigenvalue weighted by atomic mass is 35.5. The summed E-state index contributed by atoms with van der Waals surface area (Å²) in [7, 11) is 2.14. The third-order valence-electron chi connectivity index (χ3n) is 6.10. The van der Waals surface area contributed by atoms with E-state index in [1.807, 2.05) is 20.8 Å². The quantitative estimate of drug-likeness (QED) is 0.701. The Morgan fingerprint density at radius 2 is 1.72 bits per heavy atom. The van der Waals surface area contributed by atoms with Crippen molar-refractivity contribution in [1.82, 2.24) is 4.90 Å². The van der Waals surface area contributed by atoms with Crippen LogP contribution in [0.1, 0.15) is 38.3 Å². The molecule has 0 saturated carbocycles. The first kappa shape index (κ1) is 21.7. The largest absolute Gasteiger partial charge is 0.490 e. The first-order valence-corrected chi connectivity index (χ1v) is 10.3. The summed E-state index contributed by atoms with van der Waals surface area (Å²) in [6.07, 6.45) is 5.79. The maximum absolute atomic E-state index is 12.6. The number of hydrogen-bond acceptors (Lipinski definition) is 5. The van der Waals surface area contributed by atoms with Gasteiger partial charge in [-0.25, -0.2) is 0 Å². The van der Waals surface area contributed by atoms with Crippen molar-refractivity contribution in [3.63, 3.8) is 0 Å². The van der Waals surface area contributed by atoms with E-state index in [1.54, 1.807) is 6.08 Å². The van der Waals surface area contributed by atoms with Crippen LogP contribution in [-0.2, 0) is 21.4 Å². The van der Waals surface area contributed by atoms with Gasteiger partial charge in [0.25, 0.3) is 0 Å². The summed E-state index contributed by atoms with van der Waals surface area (Å²) < 4.78 is 17.5. The summed E-state index contributed by atoms with van der Waals surface area (Å²) in [4.78, 5) is 14.9. The molecule has 1 aromatic rings. The zero-order chi connectivity index (χ0) is 19.9. The van der Waals surface area contributed by atoms with E-state index in [0.717, 1.165) is 36.5 Å². The third-order valence-corrected chi connectivity index (χ3v) is 6.10. The van der Waals surface area contributed by atoms with Gasteiger partial charge >= 0.3 is 0 Å². The average molecular weight is 420 g/mol. The number of rotatable bonds is 6. The Hall–Kier alpha value is -1.98. The number of fused-ring (bicyclic) bond motifs is 2. The number of likely N-dealkylation sites (tertiary alicyclic amines) is 1. The van der Waals surface area contributed by atoms with E-state index in [-0.39, 0.29) is 23.6 Å². The normalized spacial score (nSPS) is 25.1. The number of likely N-dealkylation sites (N-methyl/N-ethyl adjacent to an activating group) is 1. The molecule has 1 saturated heterocycles. The third kappa shape index (κ3) is 3.55. The van der Waals surface area contributed by atoms with E-state index >= 15 is 0 Å². The van der Waals surface area contributed by atoms with Gasteiger partial charge in [-0.15, -0.1) is 12.4 Å². The van der Waals surface area contributed by atoms with Crippen molar-refractivity contribution >= 4 is 18.2 Å². The molecule has 3 aliphatic rings. The summed E-state index contributed by atoms with van der Waals surface area (Å²) >= 11 is 0. The van der Waals surface area contributed by atoms with Gasteiger partial charge < -0.3 is 14.2 Å². The van der Waals surface area contributed by atoms with Crippen molar-refractivity contribution in [1.29, 1.82) is 0 Å². The van der Waals surface area contributed by atoms with Gasteiger partial charge in [0.2, 0.25) is 5.78 Å². The minimum atomic E-state index is -0.306. The number of ether oxygens (including phenoxy) is 3. The van der Waals surface area contributed by atoms with Gasteiger partial charge in [-0.2, -0.15) is 0 Å². The zero-order valence-corrected chi connectivity index (χ0v) is 18.4. The van der Waals surface area contributed by atoms with Gasteiger partial charge in [-0.1, -0.05) is 0 Å². The number of carbonyl (C=O) groups excluding carboxylic acids is 1. The summed E-state index contributed by atoms with van der Waals surface area (Å²) in [5.74, 6) is 2.01. The minimum Gasteiger partial charge on any atom is -0.490 e. The maximum atomic E-state index is 12.6. The lowest BCUT2D eigenvalue weighted by molar-refractivity contribution is -0.114. The van der Waals surface area contributed by atoms with E-state index in [0.29, 0.717) is 31.6 Å². The van der Waals surface area contributed by atoms with Crippen LogP contribution in [0.25, 0.3) is 0 Å². The molecule has 0 aromatic heterocycles. The first-order chi connectivity index (χ1) is 13.5.